The molecular weight excluding hydrogens is 252 g/mol. The molecule has 0 amide bonds. The van der Waals surface area contributed by atoms with Crippen LogP contribution in [-0.2, 0) is 19.6 Å². The van der Waals surface area contributed by atoms with Crippen molar-refractivity contribution in [3.05, 3.63) is 43.2 Å². The molecule has 0 saturated heterocycles. The van der Waals surface area contributed by atoms with Crippen molar-refractivity contribution >= 4 is 0 Å². The Bertz CT molecular complexity index is 649. The predicted octanol–water partition coefficient (Wildman–Crippen LogP) is 2.05. The van der Waals surface area contributed by atoms with Crippen molar-refractivity contribution in [3.63, 3.8) is 0 Å². The van der Waals surface area contributed by atoms with E-state index in [1.165, 1.54) is 0 Å². The Morgan fingerprint density at radius 1 is 0.900 bits per heavy atom. The Labute approximate surface area is 117 Å². The summed E-state index contributed by atoms with van der Waals surface area (Å²) in [4.78, 5) is 8.85. The van der Waals surface area contributed by atoms with E-state index >= 15 is 0 Å². The van der Waals surface area contributed by atoms with Gasteiger partial charge in [0.2, 0.25) is 0 Å². The Balaban J connectivity index is 1.70. The molecule has 0 unspecified atom stereocenters. The van der Waals surface area contributed by atoms with Crippen molar-refractivity contribution in [2.75, 3.05) is 0 Å². The highest BCUT2D eigenvalue weighted by Gasteiger charge is 2.11. The third-order valence-electron chi connectivity index (χ3n) is 3.32. The van der Waals surface area contributed by atoms with E-state index in [1.54, 1.807) is 6.20 Å². The van der Waals surface area contributed by atoms with Crippen LogP contribution >= 0.6 is 0 Å². The maximum Gasteiger partial charge on any atom is 0.176 e. The van der Waals surface area contributed by atoms with Crippen molar-refractivity contribution in [3.8, 4) is 11.6 Å². The van der Waals surface area contributed by atoms with Crippen LogP contribution in [0.25, 0.3) is 11.6 Å². The van der Waals surface area contributed by atoms with Gasteiger partial charge in [0.15, 0.2) is 11.6 Å². The first kappa shape index (κ1) is 12.7. The molecule has 0 aliphatic rings. The second-order valence-corrected chi connectivity index (χ2v) is 4.60. The second-order valence-electron chi connectivity index (χ2n) is 4.60. The first-order chi connectivity index (χ1) is 9.88. The van der Waals surface area contributed by atoms with E-state index in [0.29, 0.717) is 0 Å². The average Bonchev–Trinajstić information content (AvgIpc) is 3.19. The summed E-state index contributed by atoms with van der Waals surface area (Å²) in [6.07, 6.45) is 12.4. The molecule has 6 heteroatoms. The van der Waals surface area contributed by atoms with Gasteiger partial charge in [-0.1, -0.05) is 0 Å². The molecule has 3 aromatic heterocycles. The zero-order valence-electron chi connectivity index (χ0n) is 11.6. The van der Waals surface area contributed by atoms with E-state index in [0.717, 1.165) is 37.7 Å². The monoisotopic (exact) mass is 270 g/mol. The average molecular weight is 270 g/mol. The van der Waals surface area contributed by atoms with Gasteiger partial charge >= 0.3 is 0 Å². The molecule has 0 N–H and O–H groups in total. The minimum atomic E-state index is 0.898. The van der Waals surface area contributed by atoms with Gasteiger partial charge in [-0.15, -0.1) is 0 Å². The summed E-state index contributed by atoms with van der Waals surface area (Å²) in [5.41, 5.74) is 0. The van der Waals surface area contributed by atoms with Gasteiger partial charge in [0.05, 0.1) is 0 Å². The molecule has 0 bridgehead atoms. The zero-order valence-corrected chi connectivity index (χ0v) is 11.6. The summed E-state index contributed by atoms with van der Waals surface area (Å²) in [6.45, 7) is 4.82. The molecule has 0 aromatic carbocycles. The third kappa shape index (κ3) is 2.49. The smallest absolute Gasteiger partial charge is 0.176 e. The largest absolute Gasteiger partial charge is 0.329 e. The van der Waals surface area contributed by atoms with Crippen molar-refractivity contribution in [2.24, 2.45) is 0 Å². The van der Waals surface area contributed by atoms with Gasteiger partial charge in [-0.25, -0.2) is 9.97 Å². The molecule has 0 radical (unpaired) electrons. The maximum atomic E-state index is 4.44. The van der Waals surface area contributed by atoms with Gasteiger partial charge in [-0.05, 0) is 19.4 Å². The number of nitrogens with zero attached hydrogens (tertiary/aromatic N) is 6. The molecule has 0 spiro atoms. The first-order valence-corrected chi connectivity index (χ1v) is 6.88. The van der Waals surface area contributed by atoms with Gasteiger partial charge in [0, 0.05) is 56.8 Å². The van der Waals surface area contributed by atoms with Crippen LogP contribution in [0.1, 0.15) is 13.3 Å². The Hall–Kier alpha value is -2.37. The van der Waals surface area contributed by atoms with Gasteiger partial charge in [-0.3, -0.25) is 4.68 Å². The highest BCUT2D eigenvalue weighted by molar-refractivity contribution is 5.44. The van der Waals surface area contributed by atoms with Crippen LogP contribution in [0.5, 0.6) is 0 Å². The third-order valence-corrected chi connectivity index (χ3v) is 3.32. The van der Waals surface area contributed by atoms with E-state index in [4.69, 9.17) is 0 Å². The van der Waals surface area contributed by atoms with Crippen molar-refractivity contribution in [1.82, 2.24) is 28.9 Å². The standard InChI is InChI=1S/C14H18N6/c1-2-18-11-6-15-13(18)14-16-7-12-19(14)8-4-10-20-9-3-5-17-20/h3,5-7,9,11-12H,2,4,8,10H2,1H3. The molecule has 104 valence electrons. The van der Waals surface area contributed by atoms with Gasteiger partial charge in [0.25, 0.3) is 0 Å². The maximum absolute atomic E-state index is 4.44. The van der Waals surface area contributed by atoms with Crippen molar-refractivity contribution in [2.45, 2.75) is 33.0 Å². The van der Waals surface area contributed by atoms with E-state index in [9.17, 15) is 0 Å². The Morgan fingerprint density at radius 3 is 2.35 bits per heavy atom. The lowest BCUT2D eigenvalue weighted by atomic mass is 10.4. The molecule has 3 aromatic rings. The molecule has 20 heavy (non-hydrogen) atoms. The highest BCUT2D eigenvalue weighted by Crippen LogP contribution is 2.15. The zero-order chi connectivity index (χ0) is 13.8. The van der Waals surface area contributed by atoms with Crippen LogP contribution < -0.4 is 0 Å². The SMILES string of the molecule is CCn1ccnc1-c1nccn1CCCn1cccn1. The lowest BCUT2D eigenvalue weighted by Crippen LogP contribution is -2.07. The van der Waals surface area contributed by atoms with E-state index < -0.39 is 0 Å². The molecule has 0 saturated carbocycles. The normalized spacial score (nSPS) is 11.1. The lowest BCUT2D eigenvalue weighted by molar-refractivity contribution is 0.527. The number of aromatic nitrogens is 6. The molecule has 0 aliphatic carbocycles. The Kier molecular flexibility index (Phi) is 3.62. The fraction of sp³-hybridized carbons (Fsp3) is 0.357. The minimum absolute atomic E-state index is 0.898. The number of aryl methyl sites for hydroxylation is 3. The Morgan fingerprint density at radius 2 is 1.65 bits per heavy atom. The van der Waals surface area contributed by atoms with Crippen molar-refractivity contribution in [1.29, 1.82) is 0 Å². The van der Waals surface area contributed by atoms with Crippen molar-refractivity contribution < 1.29 is 0 Å². The second kappa shape index (κ2) is 5.73. The van der Waals surface area contributed by atoms with Crippen LogP contribution in [0, 0.1) is 0 Å². The molecule has 0 fully saturated rings. The molecular formula is C14H18N6. The molecule has 3 heterocycles. The van der Waals surface area contributed by atoms with Crippen LogP contribution in [0.4, 0.5) is 0 Å². The molecule has 3 rings (SSSR count). The minimum Gasteiger partial charge on any atom is -0.329 e. The molecule has 0 aliphatic heterocycles. The summed E-state index contributed by atoms with van der Waals surface area (Å²) in [5.74, 6) is 1.86. The molecule has 0 atom stereocenters. The van der Waals surface area contributed by atoms with E-state index in [2.05, 4.69) is 31.1 Å². The number of hydrogen-bond acceptors (Lipinski definition) is 3. The van der Waals surface area contributed by atoms with Crippen LogP contribution in [0.15, 0.2) is 43.2 Å². The summed E-state index contributed by atoms with van der Waals surface area (Å²) in [7, 11) is 0. The summed E-state index contributed by atoms with van der Waals surface area (Å²) < 4.78 is 6.20. The van der Waals surface area contributed by atoms with Gasteiger partial charge < -0.3 is 9.13 Å². The van der Waals surface area contributed by atoms with E-state index in [1.807, 2.05) is 41.7 Å². The predicted molar refractivity (Wildman–Crippen MR) is 76.0 cm³/mol. The van der Waals surface area contributed by atoms with Crippen LogP contribution in [-0.4, -0.2) is 28.9 Å². The topological polar surface area (TPSA) is 53.5 Å². The van der Waals surface area contributed by atoms with Gasteiger partial charge in [0.1, 0.15) is 0 Å². The lowest BCUT2D eigenvalue weighted by Gasteiger charge is -2.09. The fourth-order valence-electron chi connectivity index (χ4n) is 2.30. The summed E-state index contributed by atoms with van der Waals surface area (Å²) in [6, 6.07) is 1.95. The summed E-state index contributed by atoms with van der Waals surface area (Å²) >= 11 is 0. The first-order valence-electron chi connectivity index (χ1n) is 6.88. The molecule has 6 nitrogen and oxygen atoms in total. The van der Waals surface area contributed by atoms with Gasteiger partial charge in [-0.2, -0.15) is 5.10 Å². The van der Waals surface area contributed by atoms with E-state index in [-0.39, 0.29) is 0 Å². The summed E-state index contributed by atoms with van der Waals surface area (Å²) in [5, 5.41) is 4.21. The van der Waals surface area contributed by atoms with Crippen LogP contribution in [0.3, 0.4) is 0 Å². The highest BCUT2D eigenvalue weighted by atomic mass is 15.3. The number of imidazole rings is 2. The van der Waals surface area contributed by atoms with Crippen LogP contribution in [0.2, 0.25) is 0 Å². The quantitative estimate of drug-likeness (QED) is 0.689. The number of rotatable bonds is 6. The number of hydrogen-bond donors (Lipinski definition) is 0. The fourth-order valence-corrected chi connectivity index (χ4v) is 2.30.